The van der Waals surface area contributed by atoms with E-state index in [9.17, 15) is 14.9 Å². The molecule has 0 aliphatic rings. The molecule has 4 rings (SSSR count). The lowest BCUT2D eigenvalue weighted by Crippen LogP contribution is -2.21. The van der Waals surface area contributed by atoms with Crippen molar-refractivity contribution >= 4 is 27.9 Å². The van der Waals surface area contributed by atoms with Gasteiger partial charge in [0.1, 0.15) is 0 Å². The number of nitro benzene ring substituents is 1. The summed E-state index contributed by atoms with van der Waals surface area (Å²) in [4.78, 5) is 32.1. The molecule has 0 N–H and O–H groups in total. The third kappa shape index (κ3) is 2.78. The Morgan fingerprint density at radius 2 is 2.20 bits per heavy atom. The largest absolute Gasteiger partial charge is 0.333 e. The number of hydrogen-bond acceptors (Lipinski definition) is 8. The summed E-state index contributed by atoms with van der Waals surface area (Å²) in [6.45, 7) is 0.0549. The Hall–Kier alpha value is -3.40. The number of non-ortho nitro benzene ring substituents is 1. The number of benzene rings is 1. The molecule has 0 fully saturated rings. The summed E-state index contributed by atoms with van der Waals surface area (Å²) in [5, 5.41) is 16.8. The first-order valence-corrected chi connectivity index (χ1v) is 8.00. The summed E-state index contributed by atoms with van der Waals surface area (Å²) in [6.07, 6.45) is 1.36. The molecular weight excluding hydrogens is 346 g/mol. The van der Waals surface area contributed by atoms with Crippen molar-refractivity contribution in [2.24, 2.45) is 0 Å². The fourth-order valence-electron chi connectivity index (χ4n) is 2.34. The summed E-state index contributed by atoms with van der Waals surface area (Å²) >= 11 is 1.46. The second-order valence-electron chi connectivity index (χ2n) is 5.13. The zero-order valence-electron chi connectivity index (χ0n) is 12.5. The van der Waals surface area contributed by atoms with Crippen LogP contribution in [0.3, 0.4) is 0 Å². The molecule has 9 nitrogen and oxygen atoms in total. The number of nitro groups is 1. The molecule has 0 unspecified atom stereocenters. The van der Waals surface area contributed by atoms with E-state index in [4.69, 9.17) is 4.52 Å². The second kappa shape index (κ2) is 5.91. The van der Waals surface area contributed by atoms with E-state index in [1.165, 1.54) is 40.4 Å². The highest BCUT2D eigenvalue weighted by molar-refractivity contribution is 7.13. The van der Waals surface area contributed by atoms with E-state index in [1.54, 1.807) is 0 Å². The van der Waals surface area contributed by atoms with E-state index in [0.717, 1.165) is 4.88 Å². The normalized spacial score (nSPS) is 11.0. The Bertz CT molecular complexity index is 1130. The Kier molecular flexibility index (Phi) is 3.58. The SMILES string of the molecule is O=c1c2cc([N+](=O)[O-])ccc2ncn1Cc1noc(-c2cccs2)n1. The Morgan fingerprint density at radius 1 is 1.32 bits per heavy atom. The first-order chi connectivity index (χ1) is 12.1. The van der Waals surface area contributed by atoms with Gasteiger partial charge >= 0.3 is 0 Å². The Morgan fingerprint density at radius 3 is 2.96 bits per heavy atom. The van der Waals surface area contributed by atoms with Crippen molar-refractivity contribution in [3.05, 3.63) is 68.3 Å². The Labute approximate surface area is 143 Å². The van der Waals surface area contributed by atoms with Crippen LogP contribution in [0.1, 0.15) is 5.82 Å². The van der Waals surface area contributed by atoms with Crippen LogP contribution in [0.25, 0.3) is 21.7 Å². The lowest BCUT2D eigenvalue weighted by atomic mass is 10.2. The minimum Gasteiger partial charge on any atom is -0.333 e. The average Bonchev–Trinajstić information content (AvgIpc) is 3.28. The van der Waals surface area contributed by atoms with E-state index < -0.39 is 10.5 Å². The molecule has 0 aliphatic heterocycles. The minimum absolute atomic E-state index is 0.0549. The molecule has 25 heavy (non-hydrogen) atoms. The molecule has 0 saturated carbocycles. The van der Waals surface area contributed by atoms with Crippen molar-refractivity contribution in [1.82, 2.24) is 19.7 Å². The molecule has 0 bridgehead atoms. The van der Waals surface area contributed by atoms with Crippen LogP contribution in [-0.4, -0.2) is 24.6 Å². The maximum atomic E-state index is 12.6. The van der Waals surface area contributed by atoms with Crippen LogP contribution in [0.2, 0.25) is 0 Å². The van der Waals surface area contributed by atoms with Crippen LogP contribution >= 0.6 is 11.3 Å². The summed E-state index contributed by atoms with van der Waals surface area (Å²) < 4.78 is 6.47. The van der Waals surface area contributed by atoms with Crippen LogP contribution in [-0.2, 0) is 6.54 Å². The third-order valence-electron chi connectivity index (χ3n) is 3.53. The number of nitrogens with zero attached hydrogens (tertiary/aromatic N) is 5. The van der Waals surface area contributed by atoms with Gasteiger partial charge in [-0.3, -0.25) is 19.5 Å². The summed E-state index contributed by atoms with van der Waals surface area (Å²) in [7, 11) is 0. The molecule has 0 spiro atoms. The molecule has 0 amide bonds. The van der Waals surface area contributed by atoms with Gasteiger partial charge in [0, 0.05) is 12.1 Å². The van der Waals surface area contributed by atoms with Crippen LogP contribution in [0.4, 0.5) is 5.69 Å². The summed E-state index contributed by atoms with van der Waals surface area (Å²) in [6, 6.07) is 7.70. The minimum atomic E-state index is -0.553. The highest BCUT2D eigenvalue weighted by Gasteiger charge is 2.14. The Balaban J connectivity index is 1.71. The molecule has 4 aromatic rings. The van der Waals surface area contributed by atoms with Crippen molar-refractivity contribution in [3.63, 3.8) is 0 Å². The number of rotatable bonds is 4. The van der Waals surface area contributed by atoms with Crippen molar-refractivity contribution in [2.75, 3.05) is 0 Å². The van der Waals surface area contributed by atoms with Gasteiger partial charge in [-0.15, -0.1) is 11.3 Å². The van der Waals surface area contributed by atoms with Crippen molar-refractivity contribution in [1.29, 1.82) is 0 Å². The molecule has 3 heterocycles. The predicted octanol–water partition coefficient (Wildman–Crippen LogP) is 2.46. The number of aromatic nitrogens is 4. The number of hydrogen-bond donors (Lipinski definition) is 0. The van der Waals surface area contributed by atoms with Gasteiger partial charge in [0.05, 0.1) is 33.6 Å². The fraction of sp³-hybridized carbons (Fsp3) is 0.0667. The van der Waals surface area contributed by atoms with Gasteiger partial charge in [0.25, 0.3) is 17.1 Å². The van der Waals surface area contributed by atoms with Gasteiger partial charge < -0.3 is 4.52 Å². The summed E-state index contributed by atoms with van der Waals surface area (Å²) in [5.74, 6) is 0.694. The fourth-order valence-corrected chi connectivity index (χ4v) is 2.99. The number of fused-ring (bicyclic) bond motifs is 1. The first-order valence-electron chi connectivity index (χ1n) is 7.12. The van der Waals surface area contributed by atoms with E-state index in [2.05, 4.69) is 15.1 Å². The molecule has 0 radical (unpaired) electrons. The zero-order chi connectivity index (χ0) is 17.4. The van der Waals surface area contributed by atoms with Gasteiger partial charge in [-0.25, -0.2) is 4.98 Å². The first kappa shape index (κ1) is 15.1. The lowest BCUT2D eigenvalue weighted by molar-refractivity contribution is -0.384. The van der Waals surface area contributed by atoms with E-state index in [1.807, 2.05) is 17.5 Å². The molecule has 1 aromatic carbocycles. The second-order valence-corrected chi connectivity index (χ2v) is 6.08. The maximum Gasteiger partial charge on any atom is 0.270 e. The maximum absolute atomic E-state index is 12.6. The smallest absolute Gasteiger partial charge is 0.270 e. The lowest BCUT2D eigenvalue weighted by Gasteiger charge is -2.03. The highest BCUT2D eigenvalue weighted by Crippen LogP contribution is 2.22. The molecule has 0 atom stereocenters. The number of thiophene rings is 1. The molecule has 0 aliphatic carbocycles. The van der Waals surface area contributed by atoms with Gasteiger partial charge in [0.15, 0.2) is 5.82 Å². The van der Waals surface area contributed by atoms with Gasteiger partial charge in [-0.1, -0.05) is 11.2 Å². The van der Waals surface area contributed by atoms with E-state index in [0.29, 0.717) is 17.2 Å². The molecule has 0 saturated heterocycles. The van der Waals surface area contributed by atoms with Gasteiger partial charge in [0.2, 0.25) is 0 Å². The summed E-state index contributed by atoms with van der Waals surface area (Å²) in [5.41, 5.74) is -0.181. The predicted molar refractivity (Wildman–Crippen MR) is 89.4 cm³/mol. The van der Waals surface area contributed by atoms with Crippen molar-refractivity contribution in [3.8, 4) is 10.8 Å². The van der Waals surface area contributed by atoms with Crippen molar-refractivity contribution < 1.29 is 9.45 Å². The molecule has 3 aromatic heterocycles. The molecule has 10 heteroatoms. The highest BCUT2D eigenvalue weighted by atomic mass is 32.1. The average molecular weight is 355 g/mol. The zero-order valence-corrected chi connectivity index (χ0v) is 13.3. The van der Waals surface area contributed by atoms with Gasteiger partial charge in [-0.05, 0) is 17.5 Å². The topological polar surface area (TPSA) is 117 Å². The molecular formula is C15H9N5O4S. The quantitative estimate of drug-likeness (QED) is 0.407. The monoisotopic (exact) mass is 355 g/mol. The van der Waals surface area contributed by atoms with Crippen LogP contribution in [0, 0.1) is 10.1 Å². The third-order valence-corrected chi connectivity index (χ3v) is 4.39. The van der Waals surface area contributed by atoms with Crippen LogP contribution in [0.5, 0.6) is 0 Å². The van der Waals surface area contributed by atoms with E-state index in [-0.39, 0.29) is 17.6 Å². The van der Waals surface area contributed by atoms with Crippen LogP contribution < -0.4 is 5.56 Å². The van der Waals surface area contributed by atoms with E-state index >= 15 is 0 Å². The van der Waals surface area contributed by atoms with Gasteiger partial charge in [-0.2, -0.15) is 4.98 Å². The molecule has 124 valence electrons. The standard InChI is InChI=1S/C15H9N5O4S/c21-15-10-6-9(20(22)23)3-4-11(10)16-8-19(15)7-13-17-14(24-18-13)12-2-1-5-25-12/h1-6,8H,7H2. The van der Waals surface area contributed by atoms with Crippen molar-refractivity contribution in [2.45, 2.75) is 6.54 Å². The van der Waals surface area contributed by atoms with Crippen LogP contribution in [0.15, 0.2) is 51.4 Å².